The largest absolute Gasteiger partial charge is 0.497 e. The quantitative estimate of drug-likeness (QED) is 0.696. The number of hydrogen-bond acceptors (Lipinski definition) is 5. The highest BCUT2D eigenvalue weighted by molar-refractivity contribution is 5.98. The zero-order valence-corrected chi connectivity index (χ0v) is 15.6. The van der Waals surface area contributed by atoms with Crippen LogP contribution in [0.15, 0.2) is 47.4 Å². The summed E-state index contributed by atoms with van der Waals surface area (Å²) in [5.41, 5.74) is 1.67. The highest BCUT2D eigenvalue weighted by Gasteiger charge is 2.13. The van der Waals surface area contributed by atoms with Crippen LogP contribution in [0.2, 0.25) is 0 Å². The third kappa shape index (κ3) is 4.08. The van der Waals surface area contributed by atoms with Gasteiger partial charge in [-0.2, -0.15) is 0 Å². The highest BCUT2D eigenvalue weighted by atomic mass is 16.5. The standard InChI is InChI=1S/C20H22N4O3/c1-24(2)18-16(5-4-9-21-18)20(26)22-10-8-14-11-13-6-7-15(27-3)12-17(13)23-19(14)25/h4-7,9,11-12H,8,10H2,1-3H3,(H,22,26)(H,23,25). The lowest BCUT2D eigenvalue weighted by molar-refractivity contribution is 0.0954. The minimum Gasteiger partial charge on any atom is -0.497 e. The smallest absolute Gasteiger partial charge is 0.255 e. The van der Waals surface area contributed by atoms with Gasteiger partial charge in [-0.1, -0.05) is 0 Å². The van der Waals surface area contributed by atoms with Gasteiger partial charge >= 0.3 is 0 Å². The molecule has 140 valence electrons. The van der Waals surface area contributed by atoms with E-state index in [4.69, 9.17) is 4.74 Å². The lowest BCUT2D eigenvalue weighted by Crippen LogP contribution is -2.29. The van der Waals surface area contributed by atoms with Crippen molar-refractivity contribution < 1.29 is 9.53 Å². The summed E-state index contributed by atoms with van der Waals surface area (Å²) in [6.07, 6.45) is 2.08. The fourth-order valence-corrected chi connectivity index (χ4v) is 2.87. The molecule has 7 nitrogen and oxygen atoms in total. The van der Waals surface area contributed by atoms with E-state index in [9.17, 15) is 9.59 Å². The highest BCUT2D eigenvalue weighted by Crippen LogP contribution is 2.18. The third-order valence-electron chi connectivity index (χ3n) is 4.26. The average molecular weight is 366 g/mol. The van der Waals surface area contributed by atoms with Crippen LogP contribution in [0.1, 0.15) is 15.9 Å². The van der Waals surface area contributed by atoms with E-state index in [1.165, 1.54) is 0 Å². The van der Waals surface area contributed by atoms with E-state index >= 15 is 0 Å². The van der Waals surface area contributed by atoms with Crippen LogP contribution in [-0.4, -0.2) is 43.6 Å². The van der Waals surface area contributed by atoms with Gasteiger partial charge < -0.3 is 19.9 Å². The van der Waals surface area contributed by atoms with Gasteiger partial charge in [0, 0.05) is 38.5 Å². The number of hydrogen-bond donors (Lipinski definition) is 2. The first-order valence-electron chi connectivity index (χ1n) is 8.60. The first-order valence-corrected chi connectivity index (χ1v) is 8.60. The lowest BCUT2D eigenvalue weighted by Gasteiger charge is -2.15. The molecule has 0 unspecified atom stereocenters. The van der Waals surface area contributed by atoms with Crippen molar-refractivity contribution >= 4 is 22.6 Å². The normalized spacial score (nSPS) is 10.6. The Morgan fingerprint density at radius 2 is 2.07 bits per heavy atom. The third-order valence-corrected chi connectivity index (χ3v) is 4.26. The molecular weight excluding hydrogens is 344 g/mol. The number of nitrogens with zero attached hydrogens (tertiary/aromatic N) is 2. The number of anilines is 1. The van der Waals surface area contributed by atoms with Gasteiger partial charge in [0.05, 0.1) is 18.2 Å². The van der Waals surface area contributed by atoms with Crippen LogP contribution in [-0.2, 0) is 6.42 Å². The number of aromatic nitrogens is 2. The second-order valence-corrected chi connectivity index (χ2v) is 6.35. The van der Waals surface area contributed by atoms with Crippen molar-refractivity contribution in [1.29, 1.82) is 0 Å². The predicted octanol–water partition coefficient (Wildman–Crippen LogP) is 1.97. The molecule has 27 heavy (non-hydrogen) atoms. The molecule has 0 aliphatic carbocycles. The summed E-state index contributed by atoms with van der Waals surface area (Å²) in [5.74, 6) is 1.08. The van der Waals surface area contributed by atoms with Gasteiger partial charge in [0.25, 0.3) is 11.5 Å². The second kappa shape index (κ2) is 7.90. The van der Waals surface area contributed by atoms with Gasteiger partial charge in [0.15, 0.2) is 0 Å². The van der Waals surface area contributed by atoms with Gasteiger partial charge in [-0.15, -0.1) is 0 Å². The van der Waals surface area contributed by atoms with Gasteiger partial charge in [-0.05, 0) is 42.1 Å². The summed E-state index contributed by atoms with van der Waals surface area (Å²) < 4.78 is 5.17. The van der Waals surface area contributed by atoms with Crippen LogP contribution in [0.3, 0.4) is 0 Å². The molecule has 0 aliphatic heterocycles. The number of pyridine rings is 2. The Kier molecular flexibility index (Phi) is 5.40. The lowest BCUT2D eigenvalue weighted by atomic mass is 10.1. The Morgan fingerprint density at radius 3 is 2.81 bits per heavy atom. The molecular formula is C20H22N4O3. The molecule has 2 aromatic heterocycles. The number of aromatic amines is 1. The van der Waals surface area contributed by atoms with Gasteiger partial charge in [-0.3, -0.25) is 9.59 Å². The molecule has 0 spiro atoms. The summed E-state index contributed by atoms with van der Waals surface area (Å²) >= 11 is 0. The second-order valence-electron chi connectivity index (χ2n) is 6.35. The monoisotopic (exact) mass is 366 g/mol. The topological polar surface area (TPSA) is 87.3 Å². The van der Waals surface area contributed by atoms with Gasteiger partial charge in [0.1, 0.15) is 11.6 Å². The van der Waals surface area contributed by atoms with Crippen LogP contribution in [0.5, 0.6) is 5.75 Å². The molecule has 0 bridgehead atoms. The Bertz CT molecular complexity index is 1030. The van der Waals surface area contributed by atoms with Gasteiger partial charge in [-0.25, -0.2) is 4.98 Å². The van der Waals surface area contributed by atoms with E-state index in [0.29, 0.717) is 35.7 Å². The minimum atomic E-state index is -0.214. The van der Waals surface area contributed by atoms with Crippen molar-refractivity contribution in [3.63, 3.8) is 0 Å². The van der Waals surface area contributed by atoms with Crippen molar-refractivity contribution in [3.05, 3.63) is 64.1 Å². The summed E-state index contributed by atoms with van der Waals surface area (Å²) in [6, 6.07) is 10.8. The van der Waals surface area contributed by atoms with Crippen molar-refractivity contribution in [2.24, 2.45) is 0 Å². The van der Waals surface area contributed by atoms with E-state index in [0.717, 1.165) is 10.9 Å². The van der Waals surface area contributed by atoms with E-state index < -0.39 is 0 Å². The number of amides is 1. The summed E-state index contributed by atoms with van der Waals surface area (Å²) in [4.78, 5) is 33.6. The van der Waals surface area contributed by atoms with E-state index in [2.05, 4.69) is 15.3 Å². The maximum Gasteiger partial charge on any atom is 0.255 e. The average Bonchev–Trinajstić information content (AvgIpc) is 2.67. The number of fused-ring (bicyclic) bond motifs is 1. The Labute approximate surface area is 157 Å². The van der Waals surface area contributed by atoms with E-state index in [1.54, 1.807) is 36.4 Å². The van der Waals surface area contributed by atoms with Gasteiger partial charge in [0.2, 0.25) is 0 Å². The molecule has 3 aromatic rings. The maximum absolute atomic E-state index is 12.5. The maximum atomic E-state index is 12.5. The Morgan fingerprint density at radius 1 is 1.26 bits per heavy atom. The molecule has 7 heteroatoms. The van der Waals surface area contributed by atoms with Crippen LogP contribution in [0.4, 0.5) is 5.82 Å². The Balaban J connectivity index is 1.71. The molecule has 1 aromatic carbocycles. The number of ether oxygens (including phenoxy) is 1. The minimum absolute atomic E-state index is 0.166. The SMILES string of the molecule is COc1ccc2cc(CCNC(=O)c3cccnc3N(C)C)c(=O)[nH]c2c1. The zero-order valence-electron chi connectivity index (χ0n) is 15.6. The summed E-state index contributed by atoms with van der Waals surface area (Å²) in [7, 11) is 5.26. The fourth-order valence-electron chi connectivity index (χ4n) is 2.87. The Hall–Kier alpha value is -3.35. The summed E-state index contributed by atoms with van der Waals surface area (Å²) in [5, 5.41) is 3.77. The molecule has 0 saturated heterocycles. The molecule has 0 radical (unpaired) electrons. The number of carbonyl (C=O) groups is 1. The predicted molar refractivity (Wildman–Crippen MR) is 106 cm³/mol. The van der Waals surface area contributed by atoms with Crippen molar-refractivity contribution in [2.45, 2.75) is 6.42 Å². The summed E-state index contributed by atoms with van der Waals surface area (Å²) in [6.45, 7) is 0.353. The van der Waals surface area contributed by atoms with E-state index in [-0.39, 0.29) is 11.5 Å². The number of nitrogens with one attached hydrogen (secondary N) is 2. The zero-order chi connectivity index (χ0) is 19.4. The molecule has 0 aliphatic rings. The molecule has 0 saturated carbocycles. The molecule has 2 heterocycles. The van der Waals surface area contributed by atoms with Crippen molar-refractivity contribution in [3.8, 4) is 5.75 Å². The van der Waals surface area contributed by atoms with E-state index in [1.807, 2.05) is 32.3 Å². The number of carbonyl (C=O) groups excluding carboxylic acids is 1. The van der Waals surface area contributed by atoms with Crippen LogP contribution in [0.25, 0.3) is 10.9 Å². The first-order chi connectivity index (χ1) is 13.0. The van der Waals surface area contributed by atoms with Crippen molar-refractivity contribution in [1.82, 2.24) is 15.3 Å². The van der Waals surface area contributed by atoms with Crippen LogP contribution >= 0.6 is 0 Å². The molecule has 0 fully saturated rings. The molecule has 1 amide bonds. The van der Waals surface area contributed by atoms with Crippen molar-refractivity contribution in [2.75, 3.05) is 32.6 Å². The van der Waals surface area contributed by atoms with Crippen LogP contribution < -0.4 is 20.5 Å². The molecule has 2 N–H and O–H groups in total. The number of methoxy groups -OCH3 is 1. The fraction of sp³-hybridized carbons (Fsp3) is 0.250. The van der Waals surface area contributed by atoms with Crippen LogP contribution in [0, 0.1) is 0 Å². The molecule has 3 rings (SSSR count). The molecule has 0 atom stereocenters. The first kappa shape index (κ1) is 18.4. The number of H-pyrrole nitrogens is 1. The number of benzene rings is 1. The number of rotatable bonds is 6.